The van der Waals surface area contributed by atoms with E-state index in [2.05, 4.69) is 65.6 Å². The smallest absolute Gasteiger partial charge is 0.197 e. The lowest BCUT2D eigenvalue weighted by atomic mass is 9.93. The highest BCUT2D eigenvalue weighted by molar-refractivity contribution is 7.57. The first-order valence-corrected chi connectivity index (χ1v) is 16.4. The van der Waals surface area contributed by atoms with Crippen LogP contribution in [0.25, 0.3) is 11.1 Å². The third-order valence-electron chi connectivity index (χ3n) is 7.80. The van der Waals surface area contributed by atoms with Gasteiger partial charge in [0.2, 0.25) is 0 Å². The van der Waals surface area contributed by atoms with Crippen LogP contribution in [-0.2, 0) is 20.6 Å². The molecule has 0 amide bonds. The van der Waals surface area contributed by atoms with Gasteiger partial charge in [0.25, 0.3) is 0 Å². The molecule has 1 aliphatic carbocycles. The van der Waals surface area contributed by atoms with Crippen molar-refractivity contribution in [2.45, 2.75) is 63.4 Å². The lowest BCUT2D eigenvalue weighted by Gasteiger charge is -2.38. The summed E-state index contributed by atoms with van der Waals surface area (Å²) in [5.41, 5.74) is 3.55. The molecule has 0 bridgehead atoms. The topological polar surface area (TPSA) is 79.2 Å². The fourth-order valence-corrected chi connectivity index (χ4v) is 6.62. The summed E-state index contributed by atoms with van der Waals surface area (Å²) in [6.45, 7) is 5.12. The Hall–Kier alpha value is -1.79. The standard InChI is InChI=1S/C31H44NO5P/c1-38(34,35)22-10-5-3-2-4-9-13-28-30(23-29(33)31(28)32-18-20-36-21-19-32)37-24-25-14-16-27(17-15-25)26-11-7-6-8-12-26/h2,4,6-8,11-12,14-17,28-31,33H,3,5,9-10,13,18-24H2,1H3,(H,34,35). The van der Waals surface area contributed by atoms with Crippen LogP contribution >= 0.6 is 7.37 Å². The average molecular weight is 542 g/mol. The number of nitrogens with zero attached hydrogens (tertiary/aromatic N) is 1. The maximum atomic E-state index is 11.4. The predicted octanol–water partition coefficient (Wildman–Crippen LogP) is 5.73. The molecule has 2 fully saturated rings. The van der Waals surface area contributed by atoms with Crippen molar-refractivity contribution in [3.63, 3.8) is 0 Å². The van der Waals surface area contributed by atoms with E-state index in [1.165, 1.54) is 17.8 Å². The largest absolute Gasteiger partial charge is 0.391 e. The van der Waals surface area contributed by atoms with Crippen LogP contribution in [0, 0.1) is 5.92 Å². The molecule has 6 nitrogen and oxygen atoms in total. The summed E-state index contributed by atoms with van der Waals surface area (Å²) in [6, 6.07) is 19.1. The number of hydrogen-bond donors (Lipinski definition) is 2. The van der Waals surface area contributed by atoms with Crippen molar-refractivity contribution in [3.8, 4) is 11.1 Å². The third kappa shape index (κ3) is 8.87. The highest BCUT2D eigenvalue weighted by Gasteiger charge is 2.45. The Morgan fingerprint density at radius 3 is 2.39 bits per heavy atom. The molecule has 1 saturated heterocycles. The zero-order valence-corrected chi connectivity index (χ0v) is 23.6. The van der Waals surface area contributed by atoms with Crippen LogP contribution in [0.5, 0.6) is 0 Å². The van der Waals surface area contributed by atoms with Crippen molar-refractivity contribution < 1.29 is 24.0 Å². The van der Waals surface area contributed by atoms with E-state index < -0.39 is 13.5 Å². The molecular formula is C31H44NO5P. The van der Waals surface area contributed by atoms with Crippen LogP contribution in [0.3, 0.4) is 0 Å². The van der Waals surface area contributed by atoms with Gasteiger partial charge in [0.1, 0.15) is 0 Å². The average Bonchev–Trinajstić information content (AvgIpc) is 3.24. The van der Waals surface area contributed by atoms with Crippen molar-refractivity contribution in [1.82, 2.24) is 4.90 Å². The summed E-state index contributed by atoms with van der Waals surface area (Å²) in [5, 5.41) is 11.1. The van der Waals surface area contributed by atoms with Gasteiger partial charge in [0, 0.05) is 44.3 Å². The molecule has 0 aromatic heterocycles. The fourth-order valence-electron chi connectivity index (χ4n) is 5.81. The number of aliphatic hydroxyl groups excluding tert-OH is 1. The number of benzene rings is 2. The van der Waals surface area contributed by atoms with Gasteiger partial charge < -0.3 is 19.5 Å². The molecule has 4 rings (SSSR count). The Labute approximate surface area is 228 Å². The predicted molar refractivity (Wildman–Crippen MR) is 154 cm³/mol. The molecule has 2 N–H and O–H groups in total. The highest BCUT2D eigenvalue weighted by atomic mass is 31.2. The molecule has 208 valence electrons. The molecule has 5 unspecified atom stereocenters. The second-order valence-corrected chi connectivity index (χ2v) is 13.4. The quantitative estimate of drug-likeness (QED) is 0.192. The van der Waals surface area contributed by atoms with E-state index in [0.717, 1.165) is 50.8 Å². The lowest BCUT2D eigenvalue weighted by molar-refractivity contribution is -0.0354. The van der Waals surface area contributed by atoms with Crippen LogP contribution in [0.1, 0.15) is 44.1 Å². The van der Waals surface area contributed by atoms with Gasteiger partial charge in [0.15, 0.2) is 7.37 Å². The van der Waals surface area contributed by atoms with Crippen LogP contribution in [-0.4, -0.2) is 72.3 Å². The summed E-state index contributed by atoms with van der Waals surface area (Å²) in [6.07, 6.45) is 9.66. The van der Waals surface area contributed by atoms with E-state index >= 15 is 0 Å². The molecule has 38 heavy (non-hydrogen) atoms. The van der Waals surface area contributed by atoms with E-state index in [1.807, 2.05) is 6.07 Å². The first kappa shape index (κ1) is 29.2. The van der Waals surface area contributed by atoms with Gasteiger partial charge in [0.05, 0.1) is 32.0 Å². The Kier molecular flexibility index (Phi) is 11.2. The molecule has 1 heterocycles. The van der Waals surface area contributed by atoms with Gasteiger partial charge in [-0.15, -0.1) is 0 Å². The SMILES string of the molecule is CP(=O)(O)CCCCC=CCCC1C(OCc2ccc(-c3ccccc3)cc2)CC(O)C1N1CCOCC1. The number of unbranched alkanes of at least 4 members (excludes halogenated alkanes) is 2. The third-order valence-corrected chi connectivity index (χ3v) is 8.95. The first-order chi connectivity index (χ1) is 18.4. The molecule has 2 aliphatic rings. The molecule has 2 aromatic carbocycles. The number of rotatable bonds is 13. The van der Waals surface area contributed by atoms with Crippen molar-refractivity contribution in [1.29, 1.82) is 0 Å². The summed E-state index contributed by atoms with van der Waals surface area (Å²) in [5.74, 6) is 0.261. The maximum Gasteiger partial charge on any atom is 0.197 e. The van der Waals surface area contributed by atoms with Gasteiger partial charge in [-0.25, -0.2) is 0 Å². The molecule has 0 radical (unpaired) electrons. The van der Waals surface area contributed by atoms with Crippen molar-refractivity contribution in [2.75, 3.05) is 39.1 Å². The van der Waals surface area contributed by atoms with E-state index in [9.17, 15) is 14.6 Å². The Bertz CT molecular complexity index is 1030. The highest BCUT2D eigenvalue weighted by Crippen LogP contribution is 2.38. The van der Waals surface area contributed by atoms with E-state index in [0.29, 0.717) is 32.4 Å². The summed E-state index contributed by atoms with van der Waals surface area (Å²) < 4.78 is 23.5. The molecule has 2 aromatic rings. The van der Waals surface area contributed by atoms with E-state index in [-0.39, 0.29) is 18.1 Å². The number of aliphatic hydroxyl groups is 1. The number of morpholine rings is 1. The molecule has 5 atom stereocenters. The van der Waals surface area contributed by atoms with Crippen LogP contribution in [0.4, 0.5) is 0 Å². The minimum atomic E-state index is -2.90. The van der Waals surface area contributed by atoms with Gasteiger partial charge >= 0.3 is 0 Å². The van der Waals surface area contributed by atoms with E-state index in [4.69, 9.17) is 9.47 Å². The zero-order valence-electron chi connectivity index (χ0n) is 22.7. The van der Waals surface area contributed by atoms with Crippen molar-refractivity contribution in [3.05, 3.63) is 72.3 Å². The normalized spacial score (nSPS) is 26.1. The second kappa shape index (κ2) is 14.6. The molecule has 1 aliphatic heterocycles. The van der Waals surface area contributed by atoms with Crippen LogP contribution < -0.4 is 0 Å². The number of hydrogen-bond acceptors (Lipinski definition) is 5. The Balaban J connectivity index is 1.32. The molecule has 0 spiro atoms. The van der Waals surface area contributed by atoms with Gasteiger partial charge in [-0.1, -0.05) is 66.7 Å². The van der Waals surface area contributed by atoms with E-state index in [1.54, 1.807) is 0 Å². The minimum Gasteiger partial charge on any atom is -0.391 e. The summed E-state index contributed by atoms with van der Waals surface area (Å²) in [4.78, 5) is 11.8. The molecule has 1 saturated carbocycles. The summed E-state index contributed by atoms with van der Waals surface area (Å²) >= 11 is 0. The maximum absolute atomic E-state index is 11.4. The number of ether oxygens (including phenoxy) is 2. The van der Waals surface area contributed by atoms with Gasteiger partial charge in [-0.05, 0) is 48.8 Å². The Morgan fingerprint density at radius 1 is 1.00 bits per heavy atom. The van der Waals surface area contributed by atoms with Crippen molar-refractivity contribution in [2.24, 2.45) is 5.92 Å². The lowest BCUT2D eigenvalue weighted by Crippen LogP contribution is -2.50. The molecule has 7 heteroatoms. The monoisotopic (exact) mass is 541 g/mol. The Morgan fingerprint density at radius 2 is 1.68 bits per heavy atom. The minimum absolute atomic E-state index is 0.0169. The van der Waals surface area contributed by atoms with Crippen molar-refractivity contribution >= 4 is 7.37 Å². The zero-order chi connectivity index (χ0) is 26.8. The first-order valence-electron chi connectivity index (χ1n) is 14.1. The second-order valence-electron chi connectivity index (χ2n) is 10.8. The number of allylic oxidation sites excluding steroid dienone is 2. The fraction of sp³-hybridized carbons (Fsp3) is 0.548. The summed E-state index contributed by atoms with van der Waals surface area (Å²) in [7, 11) is -2.90. The molecular weight excluding hydrogens is 497 g/mol. The van der Waals surface area contributed by atoms with Gasteiger partial charge in [-0.3, -0.25) is 9.46 Å². The van der Waals surface area contributed by atoms with Gasteiger partial charge in [-0.2, -0.15) is 0 Å². The van der Waals surface area contributed by atoms with Crippen LogP contribution in [0.15, 0.2) is 66.7 Å². The van der Waals surface area contributed by atoms with Crippen LogP contribution in [0.2, 0.25) is 0 Å².